The summed E-state index contributed by atoms with van der Waals surface area (Å²) in [6.45, 7) is -0.148. The average molecular weight is 297 g/mol. The first kappa shape index (κ1) is 14.5. The van der Waals surface area contributed by atoms with Crippen molar-refractivity contribution in [2.24, 2.45) is 0 Å². The second-order valence-electron chi connectivity index (χ2n) is 4.74. The van der Waals surface area contributed by atoms with Crippen molar-refractivity contribution < 1.29 is 10.2 Å². The molecule has 0 unspecified atom stereocenters. The molecule has 0 aliphatic rings. The van der Waals surface area contributed by atoms with Gasteiger partial charge in [-0.1, -0.05) is 23.7 Å². The van der Waals surface area contributed by atoms with Crippen LogP contribution in [0.4, 0.5) is 0 Å². The largest absolute Gasteiger partial charge is 0.395 e. The summed E-state index contributed by atoms with van der Waals surface area (Å²) in [6.07, 6.45) is 1.55. The Morgan fingerprint density at radius 3 is 2.26 bits per heavy atom. The Hall–Kier alpha value is -0.870. The quantitative estimate of drug-likeness (QED) is 0.859. The number of hydrogen-bond acceptors (Lipinski definition) is 3. The predicted molar refractivity (Wildman–Crippen MR) is 79.9 cm³/mol. The molecule has 2 N–H and O–H groups in total. The van der Waals surface area contributed by atoms with E-state index in [-0.39, 0.29) is 13.2 Å². The molecule has 0 atom stereocenters. The first-order valence-corrected chi connectivity index (χ1v) is 7.51. The SMILES string of the molecule is OCC(CO)(CCc1ccsc1)c1ccc(Cl)cc1. The van der Waals surface area contributed by atoms with Gasteiger partial charge in [-0.3, -0.25) is 0 Å². The van der Waals surface area contributed by atoms with Gasteiger partial charge in [-0.2, -0.15) is 11.3 Å². The van der Waals surface area contributed by atoms with E-state index in [2.05, 4.69) is 11.4 Å². The van der Waals surface area contributed by atoms with Gasteiger partial charge >= 0.3 is 0 Å². The lowest BCUT2D eigenvalue weighted by Crippen LogP contribution is -2.35. The highest BCUT2D eigenvalue weighted by atomic mass is 35.5. The second-order valence-corrected chi connectivity index (χ2v) is 5.95. The number of aryl methyl sites for hydroxylation is 1. The molecule has 0 radical (unpaired) electrons. The average Bonchev–Trinajstić information content (AvgIpc) is 2.95. The van der Waals surface area contributed by atoms with Gasteiger partial charge in [-0.25, -0.2) is 0 Å². The molecule has 0 aliphatic heterocycles. The Morgan fingerprint density at radius 1 is 1.05 bits per heavy atom. The van der Waals surface area contributed by atoms with Crippen LogP contribution in [0.2, 0.25) is 5.02 Å². The number of rotatable bonds is 6. The van der Waals surface area contributed by atoms with Gasteiger partial charge in [0.05, 0.1) is 13.2 Å². The monoisotopic (exact) mass is 296 g/mol. The fraction of sp³-hybridized carbons (Fsp3) is 0.333. The Balaban J connectivity index is 2.19. The summed E-state index contributed by atoms with van der Waals surface area (Å²) in [5.74, 6) is 0. The maximum atomic E-state index is 9.74. The molecule has 0 amide bonds. The molecule has 0 bridgehead atoms. The van der Waals surface area contributed by atoms with Gasteiger partial charge in [0, 0.05) is 10.4 Å². The Kier molecular flexibility index (Phi) is 4.99. The zero-order valence-electron chi connectivity index (χ0n) is 10.6. The van der Waals surface area contributed by atoms with Crippen molar-refractivity contribution in [2.75, 3.05) is 13.2 Å². The van der Waals surface area contributed by atoms with E-state index >= 15 is 0 Å². The summed E-state index contributed by atoms with van der Waals surface area (Å²) >= 11 is 7.54. The van der Waals surface area contributed by atoms with Crippen LogP contribution in [0.5, 0.6) is 0 Å². The van der Waals surface area contributed by atoms with Gasteiger partial charge < -0.3 is 10.2 Å². The van der Waals surface area contributed by atoms with Gasteiger partial charge in [-0.15, -0.1) is 0 Å². The van der Waals surface area contributed by atoms with Crippen LogP contribution in [-0.2, 0) is 11.8 Å². The molecular formula is C15H17ClO2S. The minimum atomic E-state index is -0.605. The van der Waals surface area contributed by atoms with Gasteiger partial charge in [-0.05, 0) is 52.9 Å². The first-order valence-electron chi connectivity index (χ1n) is 6.19. The van der Waals surface area contributed by atoms with Crippen molar-refractivity contribution in [3.8, 4) is 0 Å². The molecule has 2 aromatic rings. The second kappa shape index (κ2) is 6.53. The zero-order valence-corrected chi connectivity index (χ0v) is 12.1. The Bertz CT molecular complexity index is 489. The van der Waals surface area contributed by atoms with Crippen molar-refractivity contribution in [3.63, 3.8) is 0 Å². The van der Waals surface area contributed by atoms with Crippen molar-refractivity contribution >= 4 is 22.9 Å². The fourth-order valence-corrected chi connectivity index (χ4v) is 2.99. The summed E-state index contributed by atoms with van der Waals surface area (Å²) in [5.41, 5.74) is 1.56. The molecule has 102 valence electrons. The van der Waals surface area contributed by atoms with E-state index < -0.39 is 5.41 Å². The van der Waals surface area contributed by atoms with Gasteiger partial charge in [0.1, 0.15) is 0 Å². The van der Waals surface area contributed by atoms with Gasteiger partial charge in [0.2, 0.25) is 0 Å². The first-order chi connectivity index (χ1) is 9.20. The molecule has 0 saturated carbocycles. The van der Waals surface area contributed by atoms with Crippen LogP contribution in [0.3, 0.4) is 0 Å². The number of aliphatic hydroxyl groups is 2. The van der Waals surface area contributed by atoms with E-state index in [1.807, 2.05) is 17.5 Å². The third kappa shape index (κ3) is 3.37. The topological polar surface area (TPSA) is 40.5 Å². The highest BCUT2D eigenvalue weighted by Gasteiger charge is 2.30. The zero-order chi connectivity index (χ0) is 13.7. The molecule has 1 heterocycles. The number of aliphatic hydroxyl groups excluding tert-OH is 2. The smallest absolute Gasteiger partial charge is 0.0550 e. The molecule has 0 spiro atoms. The minimum Gasteiger partial charge on any atom is -0.395 e. The summed E-state index contributed by atoms with van der Waals surface area (Å²) < 4.78 is 0. The third-order valence-corrected chi connectivity index (χ3v) is 4.52. The van der Waals surface area contributed by atoms with E-state index in [1.165, 1.54) is 5.56 Å². The van der Waals surface area contributed by atoms with E-state index in [4.69, 9.17) is 11.6 Å². The molecule has 1 aromatic carbocycles. The van der Waals surface area contributed by atoms with E-state index in [0.29, 0.717) is 11.4 Å². The van der Waals surface area contributed by atoms with Crippen LogP contribution in [0.15, 0.2) is 41.1 Å². The number of halogens is 1. The van der Waals surface area contributed by atoms with Crippen molar-refractivity contribution in [3.05, 3.63) is 57.2 Å². The number of thiophene rings is 1. The minimum absolute atomic E-state index is 0.0741. The summed E-state index contributed by atoms with van der Waals surface area (Å²) in [5, 5.41) is 24.3. The lowest BCUT2D eigenvalue weighted by atomic mass is 9.77. The highest BCUT2D eigenvalue weighted by Crippen LogP contribution is 2.30. The van der Waals surface area contributed by atoms with Crippen LogP contribution < -0.4 is 0 Å². The molecule has 0 fully saturated rings. The lowest BCUT2D eigenvalue weighted by Gasteiger charge is -2.30. The predicted octanol–water partition coefficient (Wildman–Crippen LogP) is 3.26. The molecule has 0 saturated heterocycles. The maximum Gasteiger partial charge on any atom is 0.0550 e. The molecule has 2 rings (SSSR count). The van der Waals surface area contributed by atoms with Crippen molar-refractivity contribution in [2.45, 2.75) is 18.3 Å². The molecule has 1 aromatic heterocycles. The number of hydrogen-bond donors (Lipinski definition) is 2. The van der Waals surface area contributed by atoms with Crippen LogP contribution in [0, 0.1) is 0 Å². The van der Waals surface area contributed by atoms with Crippen LogP contribution in [0.25, 0.3) is 0 Å². The summed E-state index contributed by atoms with van der Waals surface area (Å²) in [7, 11) is 0. The Morgan fingerprint density at radius 2 is 1.74 bits per heavy atom. The summed E-state index contributed by atoms with van der Waals surface area (Å²) in [6, 6.07) is 9.42. The molecule has 4 heteroatoms. The maximum absolute atomic E-state index is 9.74. The summed E-state index contributed by atoms with van der Waals surface area (Å²) in [4.78, 5) is 0. The van der Waals surface area contributed by atoms with E-state index in [9.17, 15) is 10.2 Å². The van der Waals surface area contributed by atoms with Crippen molar-refractivity contribution in [1.29, 1.82) is 0 Å². The van der Waals surface area contributed by atoms with E-state index in [1.54, 1.807) is 23.5 Å². The Labute approximate surface area is 122 Å². The van der Waals surface area contributed by atoms with Crippen molar-refractivity contribution in [1.82, 2.24) is 0 Å². The fourth-order valence-electron chi connectivity index (χ4n) is 2.16. The number of benzene rings is 1. The normalized spacial score (nSPS) is 11.7. The van der Waals surface area contributed by atoms with Gasteiger partial charge in [0.25, 0.3) is 0 Å². The molecule has 19 heavy (non-hydrogen) atoms. The molecule has 2 nitrogen and oxygen atoms in total. The highest BCUT2D eigenvalue weighted by molar-refractivity contribution is 7.07. The van der Waals surface area contributed by atoms with Crippen LogP contribution >= 0.6 is 22.9 Å². The van der Waals surface area contributed by atoms with Gasteiger partial charge in [0.15, 0.2) is 0 Å². The third-order valence-electron chi connectivity index (χ3n) is 3.53. The molecular weight excluding hydrogens is 280 g/mol. The van der Waals surface area contributed by atoms with E-state index in [0.717, 1.165) is 12.0 Å². The lowest BCUT2D eigenvalue weighted by molar-refractivity contribution is 0.109. The standard InChI is InChI=1S/C15H17ClO2S/c16-14-3-1-13(2-4-14)15(10-17,11-18)7-5-12-6-8-19-9-12/h1-4,6,8-9,17-18H,5,7,10-11H2. The molecule has 0 aliphatic carbocycles. The van der Waals surface area contributed by atoms with Crippen LogP contribution in [0.1, 0.15) is 17.5 Å². The van der Waals surface area contributed by atoms with Crippen LogP contribution in [-0.4, -0.2) is 23.4 Å².